The molecule has 0 aromatic heterocycles. The predicted molar refractivity (Wildman–Crippen MR) is 81.2 cm³/mol. The van der Waals surface area contributed by atoms with Crippen LogP contribution in [0, 0.1) is 0 Å². The molecule has 1 aromatic rings. The van der Waals surface area contributed by atoms with Gasteiger partial charge in [0.1, 0.15) is 0 Å². The zero-order valence-corrected chi connectivity index (χ0v) is 12.2. The molecule has 5 heteroatoms. The van der Waals surface area contributed by atoms with Crippen LogP contribution in [0.4, 0.5) is 0 Å². The number of carboxylic acids is 2. The summed E-state index contributed by atoms with van der Waals surface area (Å²) in [5, 5.41) is 17.3. The molecule has 1 rings (SSSR count). The standard InChI is InChI=1S/C16H21NO4/c1-12(13-7-9-14(10-8-13)16(20)21)17-11-5-3-2-4-6-15(18)19/h7-10H,2-6,11H2,1H3,(H,18,19)(H,20,21)/b17-12-. The predicted octanol–water partition coefficient (Wildman–Crippen LogP) is 3.23. The Morgan fingerprint density at radius 2 is 1.52 bits per heavy atom. The van der Waals surface area contributed by atoms with Gasteiger partial charge in [-0.25, -0.2) is 4.79 Å². The summed E-state index contributed by atoms with van der Waals surface area (Å²) in [7, 11) is 0. The van der Waals surface area contributed by atoms with Crippen LogP contribution in [0.5, 0.6) is 0 Å². The first-order valence-corrected chi connectivity index (χ1v) is 7.07. The number of hydrogen-bond acceptors (Lipinski definition) is 3. The Bertz CT molecular complexity index is 506. The Morgan fingerprint density at radius 3 is 2.10 bits per heavy atom. The topological polar surface area (TPSA) is 87.0 Å². The molecule has 0 heterocycles. The molecule has 0 radical (unpaired) electrons. The minimum atomic E-state index is -0.933. The summed E-state index contributed by atoms with van der Waals surface area (Å²) in [4.78, 5) is 25.6. The van der Waals surface area contributed by atoms with E-state index in [1.807, 2.05) is 6.92 Å². The number of aliphatic carboxylic acids is 1. The van der Waals surface area contributed by atoms with Crippen molar-refractivity contribution in [3.63, 3.8) is 0 Å². The van der Waals surface area contributed by atoms with Crippen LogP contribution >= 0.6 is 0 Å². The van der Waals surface area contributed by atoms with Crippen molar-refractivity contribution in [3.8, 4) is 0 Å². The van der Waals surface area contributed by atoms with Gasteiger partial charge in [-0.2, -0.15) is 0 Å². The maximum absolute atomic E-state index is 10.8. The lowest BCUT2D eigenvalue weighted by Gasteiger charge is -2.02. The average molecular weight is 291 g/mol. The maximum atomic E-state index is 10.8. The van der Waals surface area contributed by atoms with Crippen molar-refractivity contribution >= 4 is 17.7 Å². The molecule has 0 aliphatic carbocycles. The third kappa shape index (κ3) is 6.70. The van der Waals surface area contributed by atoms with Crippen molar-refractivity contribution in [2.45, 2.75) is 39.0 Å². The van der Waals surface area contributed by atoms with Crippen molar-refractivity contribution in [1.82, 2.24) is 0 Å². The van der Waals surface area contributed by atoms with Crippen LogP contribution in [-0.2, 0) is 4.79 Å². The zero-order valence-electron chi connectivity index (χ0n) is 12.2. The van der Waals surface area contributed by atoms with Gasteiger partial charge in [0, 0.05) is 18.7 Å². The fraction of sp³-hybridized carbons (Fsp3) is 0.438. The van der Waals surface area contributed by atoms with Gasteiger partial charge in [-0.3, -0.25) is 9.79 Å². The van der Waals surface area contributed by atoms with Crippen molar-refractivity contribution in [1.29, 1.82) is 0 Å². The number of aliphatic imine (C=N–C) groups is 1. The molecule has 0 aliphatic heterocycles. The molecular weight excluding hydrogens is 270 g/mol. The van der Waals surface area contributed by atoms with Gasteiger partial charge in [-0.05, 0) is 37.5 Å². The lowest BCUT2D eigenvalue weighted by molar-refractivity contribution is -0.137. The molecule has 0 saturated heterocycles. The largest absolute Gasteiger partial charge is 0.481 e. The van der Waals surface area contributed by atoms with Gasteiger partial charge in [0.15, 0.2) is 0 Å². The summed E-state index contributed by atoms with van der Waals surface area (Å²) >= 11 is 0. The number of carboxylic acid groups (broad SMARTS) is 2. The van der Waals surface area contributed by atoms with Gasteiger partial charge in [-0.1, -0.05) is 25.0 Å². The quantitative estimate of drug-likeness (QED) is 0.540. The molecule has 114 valence electrons. The van der Waals surface area contributed by atoms with Crippen molar-refractivity contribution < 1.29 is 19.8 Å². The third-order valence-corrected chi connectivity index (χ3v) is 3.20. The second kappa shape index (κ2) is 8.89. The van der Waals surface area contributed by atoms with Crippen LogP contribution in [0.15, 0.2) is 29.3 Å². The molecule has 1 aromatic carbocycles. The minimum absolute atomic E-state index is 0.234. The average Bonchev–Trinajstić information content (AvgIpc) is 2.45. The lowest BCUT2D eigenvalue weighted by Crippen LogP contribution is -2.00. The first-order chi connectivity index (χ1) is 10.0. The van der Waals surface area contributed by atoms with E-state index in [0.29, 0.717) is 13.0 Å². The monoisotopic (exact) mass is 291 g/mol. The number of rotatable bonds is 9. The molecule has 0 fully saturated rings. The van der Waals surface area contributed by atoms with E-state index in [9.17, 15) is 9.59 Å². The number of benzene rings is 1. The number of nitrogens with zero attached hydrogens (tertiary/aromatic N) is 1. The van der Waals surface area contributed by atoms with E-state index in [4.69, 9.17) is 10.2 Å². The highest BCUT2D eigenvalue weighted by Gasteiger charge is 2.03. The van der Waals surface area contributed by atoms with Crippen LogP contribution in [0.2, 0.25) is 0 Å². The number of unbranched alkanes of at least 4 members (excludes halogenated alkanes) is 3. The molecule has 0 unspecified atom stereocenters. The van der Waals surface area contributed by atoms with Crippen LogP contribution in [0.1, 0.15) is 54.9 Å². The van der Waals surface area contributed by atoms with E-state index >= 15 is 0 Å². The van der Waals surface area contributed by atoms with E-state index in [-0.39, 0.29) is 12.0 Å². The minimum Gasteiger partial charge on any atom is -0.481 e. The van der Waals surface area contributed by atoms with Gasteiger partial charge < -0.3 is 10.2 Å². The van der Waals surface area contributed by atoms with Crippen LogP contribution in [0.25, 0.3) is 0 Å². The Labute approximate surface area is 124 Å². The van der Waals surface area contributed by atoms with Crippen LogP contribution < -0.4 is 0 Å². The summed E-state index contributed by atoms with van der Waals surface area (Å²) in [6, 6.07) is 6.66. The first kappa shape index (κ1) is 16.9. The number of hydrogen-bond donors (Lipinski definition) is 2. The first-order valence-electron chi connectivity index (χ1n) is 7.07. The molecule has 0 atom stereocenters. The highest BCUT2D eigenvalue weighted by atomic mass is 16.4. The fourth-order valence-corrected chi connectivity index (χ4v) is 1.93. The van der Waals surface area contributed by atoms with E-state index in [0.717, 1.165) is 30.5 Å². The third-order valence-electron chi connectivity index (χ3n) is 3.20. The van der Waals surface area contributed by atoms with E-state index in [2.05, 4.69) is 4.99 Å². The summed E-state index contributed by atoms with van der Waals surface area (Å²) in [5.74, 6) is -1.67. The van der Waals surface area contributed by atoms with Crippen LogP contribution in [0.3, 0.4) is 0 Å². The second-order valence-electron chi connectivity index (χ2n) is 4.91. The Morgan fingerprint density at radius 1 is 0.952 bits per heavy atom. The van der Waals surface area contributed by atoms with Crippen LogP contribution in [-0.4, -0.2) is 34.4 Å². The summed E-state index contributed by atoms with van der Waals surface area (Å²) in [6.07, 6.45) is 3.77. The molecule has 5 nitrogen and oxygen atoms in total. The summed E-state index contributed by atoms with van der Waals surface area (Å²) in [5.41, 5.74) is 2.08. The van der Waals surface area contributed by atoms with Crippen molar-refractivity contribution in [2.75, 3.05) is 6.54 Å². The normalized spacial score (nSPS) is 11.4. The summed E-state index contributed by atoms with van der Waals surface area (Å²) < 4.78 is 0. The van der Waals surface area contributed by atoms with Crippen molar-refractivity contribution in [3.05, 3.63) is 35.4 Å². The fourth-order valence-electron chi connectivity index (χ4n) is 1.93. The number of carbonyl (C=O) groups is 2. The second-order valence-corrected chi connectivity index (χ2v) is 4.91. The molecule has 0 aliphatic rings. The molecule has 0 amide bonds. The van der Waals surface area contributed by atoms with Gasteiger partial charge >= 0.3 is 11.9 Å². The smallest absolute Gasteiger partial charge is 0.335 e. The Kier molecular flexibility index (Phi) is 7.15. The van der Waals surface area contributed by atoms with E-state index in [1.54, 1.807) is 24.3 Å². The Balaban J connectivity index is 2.32. The molecule has 0 saturated carbocycles. The molecule has 21 heavy (non-hydrogen) atoms. The maximum Gasteiger partial charge on any atom is 0.335 e. The van der Waals surface area contributed by atoms with Gasteiger partial charge in [-0.15, -0.1) is 0 Å². The highest BCUT2D eigenvalue weighted by Crippen LogP contribution is 2.07. The van der Waals surface area contributed by atoms with E-state index < -0.39 is 11.9 Å². The highest BCUT2D eigenvalue weighted by molar-refractivity contribution is 5.99. The van der Waals surface area contributed by atoms with Crippen molar-refractivity contribution in [2.24, 2.45) is 4.99 Å². The van der Waals surface area contributed by atoms with Gasteiger partial charge in [0.05, 0.1) is 5.56 Å². The molecule has 2 N–H and O–H groups in total. The van der Waals surface area contributed by atoms with Gasteiger partial charge in [0.25, 0.3) is 0 Å². The van der Waals surface area contributed by atoms with Gasteiger partial charge in [0.2, 0.25) is 0 Å². The zero-order chi connectivity index (χ0) is 15.7. The molecule has 0 bridgehead atoms. The lowest BCUT2D eigenvalue weighted by atomic mass is 10.1. The molecule has 0 spiro atoms. The summed E-state index contributed by atoms with van der Waals surface area (Å²) in [6.45, 7) is 2.61. The SMILES string of the molecule is C/C(=N/CCCCCCC(=O)O)c1ccc(C(=O)O)cc1. The number of aromatic carboxylic acids is 1. The molecular formula is C16H21NO4. The van der Waals surface area contributed by atoms with E-state index in [1.165, 1.54) is 0 Å². The Hall–Kier alpha value is -2.17.